The second-order valence-corrected chi connectivity index (χ2v) is 6.06. The molecule has 0 radical (unpaired) electrons. The van der Waals surface area contributed by atoms with Crippen LogP contribution < -0.4 is 5.32 Å². The van der Waals surface area contributed by atoms with Gasteiger partial charge in [-0.2, -0.15) is 0 Å². The lowest BCUT2D eigenvalue weighted by molar-refractivity contribution is -0.127. The van der Waals surface area contributed by atoms with Gasteiger partial charge in [0.25, 0.3) is 5.91 Å². The number of urea groups is 1. The van der Waals surface area contributed by atoms with Gasteiger partial charge < -0.3 is 4.90 Å². The van der Waals surface area contributed by atoms with Crippen LogP contribution in [0.2, 0.25) is 0 Å². The minimum atomic E-state index is -0.673. The molecule has 1 aromatic rings. The van der Waals surface area contributed by atoms with Gasteiger partial charge in [-0.05, 0) is 31.4 Å². The molecule has 1 aliphatic heterocycles. The van der Waals surface area contributed by atoms with Crippen molar-refractivity contribution in [2.45, 2.75) is 52.1 Å². The van der Waals surface area contributed by atoms with Gasteiger partial charge in [0.2, 0.25) is 0 Å². The summed E-state index contributed by atoms with van der Waals surface area (Å²) in [6.07, 6.45) is 2.29. The first-order chi connectivity index (χ1) is 9.07. The van der Waals surface area contributed by atoms with Crippen molar-refractivity contribution in [2.75, 3.05) is 0 Å². The summed E-state index contributed by atoms with van der Waals surface area (Å²) in [5, 5.41) is 2.45. The van der Waals surface area contributed by atoms with Gasteiger partial charge in [-0.3, -0.25) is 10.1 Å². The summed E-state index contributed by atoms with van der Waals surface area (Å²) < 4.78 is 0. The molecule has 1 fully saturated rings. The molecule has 1 aromatic heterocycles. The number of aryl methyl sites for hydroxylation is 1. The maximum atomic E-state index is 12.1. The molecule has 1 N–H and O–H groups in total. The number of nitrogens with one attached hydrogen (secondary N) is 1. The number of hydrogen-bond acceptors (Lipinski definition) is 3. The van der Waals surface area contributed by atoms with Crippen molar-refractivity contribution in [3.63, 3.8) is 0 Å². The van der Waals surface area contributed by atoms with E-state index in [0.717, 1.165) is 11.3 Å². The third-order valence-electron chi connectivity index (χ3n) is 3.95. The van der Waals surface area contributed by atoms with Crippen LogP contribution in [0.4, 0.5) is 4.79 Å². The lowest BCUT2D eigenvalue weighted by atomic mass is 9.91. The topological polar surface area (TPSA) is 49.4 Å². The molecule has 0 atom stereocenters. The van der Waals surface area contributed by atoms with Crippen LogP contribution >= 0.6 is 11.3 Å². The molecular weight excluding hydrogens is 260 g/mol. The summed E-state index contributed by atoms with van der Waals surface area (Å²) in [7, 11) is 0. The van der Waals surface area contributed by atoms with Crippen molar-refractivity contribution in [3.05, 3.63) is 21.9 Å². The maximum Gasteiger partial charge on any atom is 0.325 e. The van der Waals surface area contributed by atoms with Gasteiger partial charge in [0, 0.05) is 9.75 Å². The highest BCUT2D eigenvalue weighted by atomic mass is 32.1. The number of amides is 3. The molecule has 5 heteroatoms. The number of hydrogen-bond donors (Lipinski definition) is 1. The van der Waals surface area contributed by atoms with Gasteiger partial charge in [-0.25, -0.2) is 4.79 Å². The smallest absolute Gasteiger partial charge is 0.305 e. The van der Waals surface area contributed by atoms with E-state index in [1.54, 1.807) is 16.2 Å². The average Bonchev–Trinajstić information content (AvgIpc) is 2.95. The van der Waals surface area contributed by atoms with Crippen LogP contribution in [0.25, 0.3) is 0 Å². The van der Waals surface area contributed by atoms with Crippen LogP contribution in [0.1, 0.15) is 43.4 Å². The Hall–Kier alpha value is -1.36. The van der Waals surface area contributed by atoms with Gasteiger partial charge in [0.15, 0.2) is 0 Å². The van der Waals surface area contributed by atoms with E-state index in [0.29, 0.717) is 19.4 Å². The number of carbonyl (C=O) groups excluding carboxylic acids is 2. The van der Waals surface area contributed by atoms with Crippen molar-refractivity contribution < 1.29 is 9.59 Å². The molecule has 0 unspecified atom stereocenters. The third-order valence-corrected chi connectivity index (χ3v) is 5.17. The Morgan fingerprint density at radius 2 is 1.79 bits per heavy atom. The molecule has 1 aliphatic rings. The lowest BCUT2D eigenvalue weighted by Gasteiger charge is -2.33. The molecule has 0 bridgehead atoms. The van der Waals surface area contributed by atoms with E-state index >= 15 is 0 Å². The molecule has 0 aromatic carbocycles. The number of thiophene rings is 1. The van der Waals surface area contributed by atoms with Gasteiger partial charge in [-0.1, -0.05) is 20.8 Å². The van der Waals surface area contributed by atoms with Crippen LogP contribution in [-0.2, 0) is 17.8 Å². The van der Waals surface area contributed by atoms with Crippen LogP contribution in [0.15, 0.2) is 12.1 Å². The second kappa shape index (κ2) is 5.33. The summed E-state index contributed by atoms with van der Waals surface area (Å²) in [5.41, 5.74) is -0.673. The zero-order valence-electron chi connectivity index (χ0n) is 11.7. The monoisotopic (exact) mass is 280 g/mol. The Balaban J connectivity index is 2.25. The van der Waals surface area contributed by atoms with Gasteiger partial charge >= 0.3 is 6.03 Å². The standard InChI is InChI=1S/C14H20N2O2S/c1-4-10-7-8-11(19-10)9-16-13(18)15-12(17)14(16,5-2)6-3/h7-8H,4-6,9H2,1-3H3,(H,15,17,18). The average molecular weight is 280 g/mol. The third kappa shape index (κ3) is 2.27. The summed E-state index contributed by atoms with van der Waals surface area (Å²) >= 11 is 1.71. The van der Waals surface area contributed by atoms with Crippen molar-refractivity contribution in [3.8, 4) is 0 Å². The minimum absolute atomic E-state index is 0.158. The SMILES string of the molecule is CCc1ccc(CN2C(=O)NC(=O)C2(CC)CC)s1. The van der Waals surface area contributed by atoms with E-state index in [1.807, 2.05) is 13.8 Å². The molecule has 104 valence electrons. The summed E-state index contributed by atoms with van der Waals surface area (Å²) in [6.45, 7) is 6.55. The van der Waals surface area contributed by atoms with Crippen LogP contribution in [-0.4, -0.2) is 22.4 Å². The predicted molar refractivity (Wildman–Crippen MR) is 76.1 cm³/mol. The highest BCUT2D eigenvalue weighted by Gasteiger charge is 2.50. The van der Waals surface area contributed by atoms with Gasteiger partial charge in [-0.15, -0.1) is 11.3 Å². The van der Waals surface area contributed by atoms with E-state index in [2.05, 4.69) is 24.4 Å². The molecule has 3 amide bonds. The first kappa shape index (κ1) is 14.1. The Bertz CT molecular complexity index is 491. The molecule has 19 heavy (non-hydrogen) atoms. The normalized spacial score (nSPS) is 17.9. The lowest BCUT2D eigenvalue weighted by Crippen LogP contribution is -2.48. The number of imide groups is 1. The highest BCUT2D eigenvalue weighted by Crippen LogP contribution is 2.32. The van der Waals surface area contributed by atoms with Crippen LogP contribution in [0.5, 0.6) is 0 Å². The van der Waals surface area contributed by atoms with Gasteiger partial charge in [0.05, 0.1) is 6.54 Å². The summed E-state index contributed by atoms with van der Waals surface area (Å²) in [5.74, 6) is -0.158. The second-order valence-electron chi connectivity index (χ2n) is 4.81. The Kier molecular flexibility index (Phi) is 3.94. The van der Waals surface area contributed by atoms with Crippen molar-refractivity contribution in [2.24, 2.45) is 0 Å². The number of carbonyl (C=O) groups is 2. The fourth-order valence-corrected chi connectivity index (χ4v) is 3.57. The molecule has 0 saturated carbocycles. The largest absolute Gasteiger partial charge is 0.325 e. The summed E-state index contributed by atoms with van der Waals surface area (Å²) in [4.78, 5) is 28.2. The van der Waals surface area contributed by atoms with E-state index in [9.17, 15) is 9.59 Å². The predicted octanol–water partition coefficient (Wildman–Crippen LogP) is 2.92. The molecule has 4 nitrogen and oxygen atoms in total. The van der Waals surface area contributed by atoms with Crippen molar-refractivity contribution in [1.29, 1.82) is 0 Å². The molecule has 2 rings (SSSR count). The minimum Gasteiger partial charge on any atom is -0.305 e. The Labute approximate surface area is 117 Å². The molecular formula is C14H20N2O2S. The zero-order valence-corrected chi connectivity index (χ0v) is 12.5. The van der Waals surface area contributed by atoms with E-state index in [-0.39, 0.29) is 11.9 Å². The quantitative estimate of drug-likeness (QED) is 0.843. The number of rotatable bonds is 5. The summed E-state index contributed by atoms with van der Waals surface area (Å²) in [6, 6.07) is 3.88. The van der Waals surface area contributed by atoms with Crippen LogP contribution in [0, 0.1) is 0 Å². The number of nitrogens with zero attached hydrogens (tertiary/aromatic N) is 1. The molecule has 1 saturated heterocycles. The van der Waals surface area contributed by atoms with E-state index in [1.165, 1.54) is 4.88 Å². The highest BCUT2D eigenvalue weighted by molar-refractivity contribution is 7.11. The first-order valence-electron chi connectivity index (χ1n) is 6.78. The Morgan fingerprint density at radius 1 is 1.16 bits per heavy atom. The Morgan fingerprint density at radius 3 is 2.32 bits per heavy atom. The molecule has 2 heterocycles. The zero-order chi connectivity index (χ0) is 14.0. The van der Waals surface area contributed by atoms with Crippen LogP contribution in [0.3, 0.4) is 0 Å². The fourth-order valence-electron chi connectivity index (χ4n) is 2.63. The maximum absolute atomic E-state index is 12.1. The molecule has 0 aliphatic carbocycles. The van der Waals surface area contributed by atoms with Gasteiger partial charge in [0.1, 0.15) is 5.54 Å². The first-order valence-corrected chi connectivity index (χ1v) is 7.59. The fraction of sp³-hybridized carbons (Fsp3) is 0.571. The molecule has 0 spiro atoms. The van der Waals surface area contributed by atoms with Crippen molar-refractivity contribution >= 4 is 23.3 Å². The van der Waals surface area contributed by atoms with E-state index in [4.69, 9.17) is 0 Å². The van der Waals surface area contributed by atoms with Crippen molar-refractivity contribution in [1.82, 2.24) is 10.2 Å². The van der Waals surface area contributed by atoms with E-state index < -0.39 is 5.54 Å².